The van der Waals surface area contributed by atoms with E-state index in [0.29, 0.717) is 30.7 Å². The maximum atomic E-state index is 13.2. The number of aromatic nitrogens is 2. The molecule has 7 nitrogen and oxygen atoms in total. The summed E-state index contributed by atoms with van der Waals surface area (Å²) in [4.78, 5) is 17.8. The molecule has 172 valence electrons. The summed E-state index contributed by atoms with van der Waals surface area (Å²) in [5.41, 5.74) is 2.55. The van der Waals surface area contributed by atoms with E-state index >= 15 is 0 Å². The Balaban J connectivity index is 1.26. The van der Waals surface area contributed by atoms with Gasteiger partial charge in [-0.15, -0.1) is 0 Å². The summed E-state index contributed by atoms with van der Waals surface area (Å²) >= 11 is 0. The number of para-hydroxylation sites is 1. The topological polar surface area (TPSA) is 71.8 Å². The molecule has 0 bridgehead atoms. The van der Waals surface area contributed by atoms with E-state index in [1.807, 2.05) is 72.8 Å². The zero-order chi connectivity index (χ0) is 22.9. The fourth-order valence-corrected chi connectivity index (χ4v) is 4.57. The molecule has 0 amide bonds. The first-order valence-electron chi connectivity index (χ1n) is 11.4. The normalized spacial score (nSPS) is 22.9. The van der Waals surface area contributed by atoms with Crippen LogP contribution >= 0.6 is 0 Å². The number of fused-ring (bicyclic) bond motifs is 4. The minimum absolute atomic E-state index is 0.180. The van der Waals surface area contributed by atoms with Gasteiger partial charge in [0.25, 0.3) is 5.56 Å². The molecule has 4 atom stereocenters. The predicted molar refractivity (Wildman–Crippen MR) is 125 cm³/mol. The lowest BCUT2D eigenvalue weighted by Gasteiger charge is -2.22. The van der Waals surface area contributed by atoms with E-state index in [9.17, 15) is 4.79 Å². The summed E-state index contributed by atoms with van der Waals surface area (Å²) in [5, 5.41) is 0.532. The second-order valence-electron chi connectivity index (χ2n) is 8.50. The second-order valence-corrected chi connectivity index (χ2v) is 8.50. The third kappa shape index (κ3) is 3.88. The van der Waals surface area contributed by atoms with Crippen LogP contribution in [0, 0.1) is 0 Å². The van der Waals surface area contributed by atoms with E-state index in [2.05, 4.69) is 4.98 Å². The van der Waals surface area contributed by atoms with Crippen molar-refractivity contribution in [2.45, 2.75) is 37.8 Å². The van der Waals surface area contributed by atoms with Crippen molar-refractivity contribution in [3.63, 3.8) is 0 Å². The lowest BCUT2D eigenvalue weighted by atomic mass is 10.1. The van der Waals surface area contributed by atoms with E-state index in [0.717, 1.165) is 11.1 Å². The average molecular weight is 456 g/mol. The van der Waals surface area contributed by atoms with E-state index < -0.39 is 24.5 Å². The Morgan fingerprint density at radius 3 is 2.29 bits per heavy atom. The molecule has 0 spiro atoms. The third-order valence-corrected chi connectivity index (χ3v) is 6.24. The first kappa shape index (κ1) is 21.0. The Morgan fingerprint density at radius 1 is 0.853 bits per heavy atom. The number of rotatable bonds is 7. The molecule has 3 aromatic carbocycles. The molecule has 0 N–H and O–H groups in total. The Labute approximate surface area is 196 Å². The Bertz CT molecular complexity index is 1340. The van der Waals surface area contributed by atoms with E-state index in [4.69, 9.17) is 18.9 Å². The highest BCUT2D eigenvalue weighted by atomic mass is 16.6. The Hall–Kier alpha value is -3.52. The average Bonchev–Trinajstić information content (AvgIpc) is 3.39. The highest BCUT2D eigenvalue weighted by Crippen LogP contribution is 2.40. The van der Waals surface area contributed by atoms with Gasteiger partial charge in [0.1, 0.15) is 12.2 Å². The molecule has 4 aromatic rings. The van der Waals surface area contributed by atoms with Crippen LogP contribution in [0.4, 0.5) is 0 Å². The fourth-order valence-electron chi connectivity index (χ4n) is 4.57. The standard InChI is InChI=1S/C27H24N2O5/c30-25-20-13-7-8-14-21(20)28-27-29(25)26-24(34-27)23(32-16-19-11-5-2-6-12-19)22(33-26)17-31-15-18-9-3-1-4-10-18/h1-14,22-24,26H,15-17H2/t22-,23+,24-,26?/m1/s1. The molecule has 1 aromatic heterocycles. The highest BCUT2D eigenvalue weighted by Gasteiger charge is 2.53. The minimum Gasteiger partial charge on any atom is -0.453 e. The van der Waals surface area contributed by atoms with Crippen LogP contribution in [0.15, 0.2) is 89.7 Å². The van der Waals surface area contributed by atoms with E-state index in [1.165, 1.54) is 4.57 Å². The molecule has 0 aliphatic carbocycles. The van der Waals surface area contributed by atoms with Crippen LogP contribution in [-0.4, -0.2) is 34.5 Å². The van der Waals surface area contributed by atoms with Gasteiger partial charge in [-0.05, 0) is 23.3 Å². The Morgan fingerprint density at radius 2 is 1.53 bits per heavy atom. The van der Waals surface area contributed by atoms with Crippen molar-refractivity contribution < 1.29 is 18.9 Å². The molecule has 2 aliphatic rings. The van der Waals surface area contributed by atoms with Crippen LogP contribution in [0.25, 0.3) is 10.9 Å². The fraction of sp³-hybridized carbons (Fsp3) is 0.259. The van der Waals surface area contributed by atoms with Crippen molar-refractivity contribution in [2.24, 2.45) is 0 Å². The van der Waals surface area contributed by atoms with Gasteiger partial charge in [-0.2, -0.15) is 4.98 Å². The molecule has 0 saturated carbocycles. The summed E-state index contributed by atoms with van der Waals surface area (Å²) in [6, 6.07) is 27.4. The van der Waals surface area contributed by atoms with Gasteiger partial charge < -0.3 is 18.9 Å². The zero-order valence-electron chi connectivity index (χ0n) is 18.4. The van der Waals surface area contributed by atoms with Crippen molar-refractivity contribution in [2.75, 3.05) is 6.61 Å². The smallest absolute Gasteiger partial charge is 0.302 e. The maximum Gasteiger partial charge on any atom is 0.302 e. The predicted octanol–water partition coefficient (Wildman–Crippen LogP) is 3.86. The van der Waals surface area contributed by atoms with Crippen LogP contribution in [0.5, 0.6) is 6.01 Å². The highest BCUT2D eigenvalue weighted by molar-refractivity contribution is 5.77. The minimum atomic E-state index is -0.620. The van der Waals surface area contributed by atoms with Gasteiger partial charge in [-0.1, -0.05) is 72.8 Å². The van der Waals surface area contributed by atoms with Crippen molar-refractivity contribution in [3.05, 3.63) is 106 Å². The van der Waals surface area contributed by atoms with Gasteiger partial charge in [0.15, 0.2) is 12.3 Å². The first-order chi connectivity index (χ1) is 16.8. The lowest BCUT2D eigenvalue weighted by molar-refractivity contribution is -0.0864. The summed E-state index contributed by atoms with van der Waals surface area (Å²) in [5.74, 6) is 0. The quantitative estimate of drug-likeness (QED) is 0.421. The molecule has 6 rings (SSSR count). The second kappa shape index (κ2) is 9.02. The van der Waals surface area contributed by atoms with Gasteiger partial charge >= 0.3 is 6.01 Å². The summed E-state index contributed by atoms with van der Waals surface area (Å²) in [7, 11) is 0. The van der Waals surface area contributed by atoms with Gasteiger partial charge in [0.05, 0.1) is 30.7 Å². The van der Waals surface area contributed by atoms with Crippen molar-refractivity contribution in [3.8, 4) is 6.01 Å². The molecule has 7 heteroatoms. The number of ether oxygens (including phenoxy) is 4. The van der Waals surface area contributed by atoms with E-state index in [-0.39, 0.29) is 11.6 Å². The zero-order valence-corrected chi connectivity index (χ0v) is 18.4. The molecule has 34 heavy (non-hydrogen) atoms. The van der Waals surface area contributed by atoms with Crippen molar-refractivity contribution >= 4 is 10.9 Å². The largest absolute Gasteiger partial charge is 0.453 e. The molecular formula is C27H24N2O5. The number of nitrogens with zero attached hydrogens (tertiary/aromatic N) is 2. The molecule has 2 aliphatic heterocycles. The van der Waals surface area contributed by atoms with Gasteiger partial charge in [-0.25, -0.2) is 4.57 Å². The van der Waals surface area contributed by atoms with Crippen molar-refractivity contribution in [1.82, 2.24) is 9.55 Å². The molecule has 3 heterocycles. The van der Waals surface area contributed by atoms with E-state index in [1.54, 1.807) is 12.1 Å². The molecular weight excluding hydrogens is 432 g/mol. The molecule has 1 fully saturated rings. The van der Waals surface area contributed by atoms with Crippen molar-refractivity contribution in [1.29, 1.82) is 0 Å². The van der Waals surface area contributed by atoms with Gasteiger partial charge in [-0.3, -0.25) is 4.79 Å². The Kier molecular flexibility index (Phi) is 5.58. The molecule has 1 saturated heterocycles. The van der Waals surface area contributed by atoms with Crippen LogP contribution in [0.2, 0.25) is 0 Å². The van der Waals surface area contributed by atoms with Crippen LogP contribution in [0.3, 0.4) is 0 Å². The lowest BCUT2D eigenvalue weighted by Crippen LogP contribution is -2.38. The van der Waals surface area contributed by atoms with Crippen LogP contribution in [0.1, 0.15) is 17.4 Å². The monoisotopic (exact) mass is 456 g/mol. The van der Waals surface area contributed by atoms with Gasteiger partial charge in [0, 0.05) is 0 Å². The van der Waals surface area contributed by atoms with Gasteiger partial charge in [0.2, 0.25) is 0 Å². The SMILES string of the molecule is O=c1c2ccccc2nc2n1C1O[C@H](COCc3ccccc3)[C@H](OCc3ccccc3)[C@H]1O2. The summed E-state index contributed by atoms with van der Waals surface area (Å²) in [6.07, 6.45) is -1.93. The number of hydrogen-bond donors (Lipinski definition) is 0. The number of benzene rings is 3. The third-order valence-electron chi connectivity index (χ3n) is 6.24. The first-order valence-corrected chi connectivity index (χ1v) is 11.4. The number of hydrogen-bond acceptors (Lipinski definition) is 6. The summed E-state index contributed by atoms with van der Waals surface area (Å²) < 4.78 is 26.3. The maximum absolute atomic E-state index is 13.2. The summed E-state index contributed by atoms with van der Waals surface area (Å²) in [6.45, 7) is 1.18. The molecule has 1 unspecified atom stereocenters. The molecule has 0 radical (unpaired) electrons. The van der Waals surface area contributed by atoms with Crippen LogP contribution in [-0.2, 0) is 27.4 Å². The van der Waals surface area contributed by atoms with Crippen LogP contribution < -0.4 is 10.3 Å².